The highest BCUT2D eigenvalue weighted by Gasteiger charge is 2.76. The smallest absolute Gasteiger partial charge is 0.310 e. The van der Waals surface area contributed by atoms with Gasteiger partial charge >= 0.3 is 5.97 Å². The van der Waals surface area contributed by atoms with Crippen LogP contribution in [0.5, 0.6) is 5.75 Å². The molecule has 43 heavy (non-hydrogen) atoms. The summed E-state index contributed by atoms with van der Waals surface area (Å²) in [6.07, 6.45) is 0.352. The van der Waals surface area contributed by atoms with Crippen molar-refractivity contribution in [2.45, 2.75) is 93.6 Å². The minimum Gasteiger partial charge on any atom is -0.507 e. The van der Waals surface area contributed by atoms with E-state index in [1.807, 2.05) is 27.7 Å². The molecule has 0 amide bonds. The van der Waals surface area contributed by atoms with E-state index in [0.29, 0.717) is 12.0 Å². The molecule has 234 valence electrons. The summed E-state index contributed by atoms with van der Waals surface area (Å²) in [5.41, 5.74) is -4.30. The third-order valence-electron chi connectivity index (χ3n) is 9.93. The number of aromatic hydroxyl groups is 1. The average molecular weight is 597 g/mol. The number of hydrogen-bond donors (Lipinski definition) is 2. The molecule has 1 aromatic rings. The highest BCUT2D eigenvalue weighted by molar-refractivity contribution is 6.32. The summed E-state index contributed by atoms with van der Waals surface area (Å²) < 4.78 is 5.38. The van der Waals surface area contributed by atoms with Crippen molar-refractivity contribution < 1.29 is 43.7 Å². The Kier molecular flexibility index (Phi) is 7.96. The number of carbonyl (C=O) groups excluding carboxylic acids is 6. The highest BCUT2D eigenvalue weighted by Crippen LogP contribution is 2.64. The van der Waals surface area contributed by atoms with Crippen LogP contribution in [-0.4, -0.2) is 57.3 Å². The zero-order valence-corrected chi connectivity index (χ0v) is 26.7. The van der Waals surface area contributed by atoms with Crippen LogP contribution in [0.4, 0.5) is 0 Å². The Labute approximate surface area is 252 Å². The van der Waals surface area contributed by atoms with Gasteiger partial charge in [-0.15, -0.1) is 0 Å². The van der Waals surface area contributed by atoms with E-state index < -0.39 is 80.7 Å². The van der Waals surface area contributed by atoms with Crippen molar-refractivity contribution in [3.05, 3.63) is 28.3 Å². The second-order valence-corrected chi connectivity index (χ2v) is 15.0. The summed E-state index contributed by atoms with van der Waals surface area (Å²) in [6, 6.07) is 1.69. The lowest BCUT2D eigenvalue weighted by Gasteiger charge is -2.62. The van der Waals surface area contributed by atoms with Gasteiger partial charge in [-0.05, 0) is 54.1 Å². The first-order chi connectivity index (χ1) is 19.7. The van der Waals surface area contributed by atoms with Gasteiger partial charge in [-0.3, -0.25) is 28.8 Å². The van der Waals surface area contributed by atoms with Gasteiger partial charge in [-0.25, -0.2) is 0 Å². The number of hydrogen-bond acceptors (Lipinski definition) is 9. The van der Waals surface area contributed by atoms with Crippen LogP contribution in [0, 0.1) is 39.9 Å². The monoisotopic (exact) mass is 596 g/mol. The fourth-order valence-electron chi connectivity index (χ4n) is 8.29. The molecule has 6 atom stereocenters. The number of benzene rings is 1. The second-order valence-electron chi connectivity index (χ2n) is 15.0. The van der Waals surface area contributed by atoms with Gasteiger partial charge in [0, 0.05) is 16.9 Å². The zero-order valence-electron chi connectivity index (χ0n) is 26.7. The van der Waals surface area contributed by atoms with E-state index in [1.54, 1.807) is 33.8 Å². The zero-order chi connectivity index (χ0) is 32.6. The number of Topliss-reactive ketones (excluding diaryl/α,β-unsaturated/α-hetero) is 5. The third-order valence-corrected chi connectivity index (χ3v) is 9.93. The van der Waals surface area contributed by atoms with Gasteiger partial charge in [0.25, 0.3) is 0 Å². The molecule has 9 heteroatoms. The second kappa shape index (κ2) is 10.5. The number of esters is 1. The lowest BCUT2D eigenvalue weighted by Crippen LogP contribution is -2.76. The first kappa shape index (κ1) is 32.7. The Bertz CT molecular complexity index is 1450. The van der Waals surface area contributed by atoms with E-state index in [1.165, 1.54) is 0 Å². The lowest BCUT2D eigenvalue weighted by molar-refractivity contribution is -0.205. The maximum atomic E-state index is 14.4. The predicted molar refractivity (Wildman–Crippen MR) is 156 cm³/mol. The van der Waals surface area contributed by atoms with Gasteiger partial charge in [0.15, 0.2) is 28.7 Å². The molecular formula is C34H44O9. The summed E-state index contributed by atoms with van der Waals surface area (Å²) in [6.45, 7) is 15.7. The molecule has 0 saturated heterocycles. The molecule has 2 N–H and O–H groups in total. The lowest BCUT2D eigenvalue weighted by atomic mass is 9.39. The van der Waals surface area contributed by atoms with Crippen LogP contribution >= 0.6 is 0 Å². The van der Waals surface area contributed by atoms with E-state index in [9.17, 15) is 39.0 Å². The van der Waals surface area contributed by atoms with Crippen LogP contribution in [0.25, 0.3) is 0 Å². The number of ether oxygens (including phenoxy) is 1. The SMILES string of the molecule is CCc1cc(CC(=O)OCC(C)(C)C)c(O)c2c1C[C@]1(C)C[C@]3(C)C(C(C)C)C(=O)C(C(C)=O)C(=O)[C@]3(O)C(=O)C1C2=O. The molecule has 2 fully saturated rings. The number of ketones is 5. The van der Waals surface area contributed by atoms with Crippen LogP contribution in [0.15, 0.2) is 6.07 Å². The van der Waals surface area contributed by atoms with Gasteiger partial charge in [0.2, 0.25) is 0 Å². The number of aryl methyl sites for hydroxylation is 1. The minimum absolute atomic E-state index is 0.00612. The minimum atomic E-state index is -2.75. The number of carbonyl (C=O) groups is 6. The molecule has 0 heterocycles. The van der Waals surface area contributed by atoms with Crippen LogP contribution in [0.1, 0.15) is 95.8 Å². The Morgan fingerprint density at radius 2 is 1.67 bits per heavy atom. The van der Waals surface area contributed by atoms with Gasteiger partial charge < -0.3 is 14.9 Å². The highest BCUT2D eigenvalue weighted by atomic mass is 16.5. The van der Waals surface area contributed by atoms with Gasteiger partial charge in [-0.1, -0.05) is 61.5 Å². The van der Waals surface area contributed by atoms with Gasteiger partial charge in [-0.2, -0.15) is 0 Å². The van der Waals surface area contributed by atoms with E-state index in [-0.39, 0.29) is 42.4 Å². The van der Waals surface area contributed by atoms with Crippen molar-refractivity contribution in [1.29, 1.82) is 0 Å². The predicted octanol–water partition coefficient (Wildman–Crippen LogP) is 3.79. The summed E-state index contributed by atoms with van der Waals surface area (Å²) in [4.78, 5) is 81.4. The molecular weight excluding hydrogens is 552 g/mol. The van der Waals surface area contributed by atoms with Crippen LogP contribution in [-0.2, 0) is 48.0 Å². The van der Waals surface area contributed by atoms with Crippen molar-refractivity contribution in [2.75, 3.05) is 6.61 Å². The summed E-state index contributed by atoms with van der Waals surface area (Å²) in [5.74, 6) is -10.0. The largest absolute Gasteiger partial charge is 0.507 e. The molecule has 1 aromatic carbocycles. The van der Waals surface area contributed by atoms with E-state index in [0.717, 1.165) is 12.5 Å². The van der Waals surface area contributed by atoms with E-state index in [2.05, 4.69) is 0 Å². The average Bonchev–Trinajstić information content (AvgIpc) is 2.85. The number of fused-ring (bicyclic) bond motifs is 3. The van der Waals surface area contributed by atoms with Crippen molar-refractivity contribution in [3.8, 4) is 5.75 Å². The number of phenolic OH excluding ortho intramolecular Hbond substituents is 1. The first-order valence-electron chi connectivity index (χ1n) is 15.1. The van der Waals surface area contributed by atoms with Gasteiger partial charge in [0.05, 0.1) is 24.5 Å². The van der Waals surface area contributed by atoms with E-state index in [4.69, 9.17) is 4.74 Å². The fourth-order valence-corrected chi connectivity index (χ4v) is 8.29. The normalized spacial score (nSPS) is 32.3. The molecule has 0 radical (unpaired) electrons. The van der Waals surface area contributed by atoms with E-state index >= 15 is 0 Å². The number of phenols is 1. The maximum Gasteiger partial charge on any atom is 0.310 e. The molecule has 9 nitrogen and oxygen atoms in total. The molecule has 0 aromatic heterocycles. The molecule has 2 saturated carbocycles. The standard InChI is InChI=1S/C34H44O9/c1-10-18-11-19(12-21(36)43-15-31(5,6)7)26(37)23-20(18)13-32(8)14-33(9)24(16(2)3)27(38)22(17(4)35)29(40)34(33,42)30(41)25(32)28(23)39/h11,16,22,24-25,37,42H,10,12-15H2,1-9H3/t22?,24?,25?,32-,33-,34+/m1/s1. The molecule has 4 rings (SSSR count). The first-order valence-corrected chi connectivity index (χ1v) is 15.1. The molecule has 3 aliphatic carbocycles. The van der Waals surface area contributed by atoms with Crippen LogP contribution in [0.2, 0.25) is 0 Å². The third kappa shape index (κ3) is 4.78. The molecule has 0 aliphatic heterocycles. The Morgan fingerprint density at radius 3 is 2.19 bits per heavy atom. The van der Waals surface area contributed by atoms with Gasteiger partial charge in [0.1, 0.15) is 17.5 Å². The quantitative estimate of drug-likeness (QED) is 0.369. The molecule has 0 spiro atoms. The van der Waals surface area contributed by atoms with Crippen LogP contribution < -0.4 is 0 Å². The molecule has 3 aliphatic rings. The van der Waals surface area contributed by atoms with Crippen molar-refractivity contribution >= 4 is 34.9 Å². The topological polar surface area (TPSA) is 152 Å². The molecule has 0 bridgehead atoms. The number of rotatable bonds is 6. The Morgan fingerprint density at radius 1 is 1.07 bits per heavy atom. The van der Waals surface area contributed by atoms with Crippen molar-refractivity contribution in [2.24, 2.45) is 39.9 Å². The fraction of sp³-hybridized carbons (Fsp3) is 0.647. The van der Waals surface area contributed by atoms with Crippen LogP contribution in [0.3, 0.4) is 0 Å². The molecule has 3 unspecified atom stereocenters. The summed E-state index contributed by atoms with van der Waals surface area (Å²) in [5, 5.41) is 23.5. The summed E-state index contributed by atoms with van der Waals surface area (Å²) in [7, 11) is 0. The Hall–Kier alpha value is -3.20. The maximum absolute atomic E-state index is 14.4. The van der Waals surface area contributed by atoms with Crippen molar-refractivity contribution in [3.63, 3.8) is 0 Å². The Balaban J connectivity index is 1.87. The van der Waals surface area contributed by atoms with Crippen molar-refractivity contribution in [1.82, 2.24) is 0 Å². The summed E-state index contributed by atoms with van der Waals surface area (Å²) >= 11 is 0. The number of aliphatic hydroxyl groups is 1.